The molecule has 0 radical (unpaired) electrons. The summed E-state index contributed by atoms with van der Waals surface area (Å²) in [4.78, 5) is 40.0. The molecule has 4 atom stereocenters. The number of fused-ring (bicyclic) bond motifs is 3. The molecule has 2 amide bonds. The molecule has 3 aliphatic rings. The van der Waals surface area contributed by atoms with E-state index < -0.39 is 84.7 Å². The number of aryl methyl sites for hydroxylation is 1. The molecule has 2 saturated heterocycles. The first kappa shape index (κ1) is 35.5. The van der Waals surface area contributed by atoms with Crippen LogP contribution in [0.4, 0.5) is 35.1 Å². The van der Waals surface area contributed by atoms with Crippen molar-refractivity contribution in [2.24, 2.45) is 5.92 Å². The van der Waals surface area contributed by atoms with Gasteiger partial charge in [0.05, 0.1) is 10.9 Å². The third kappa shape index (κ3) is 5.41. The first-order valence-electron chi connectivity index (χ1n) is 15.0. The molecule has 0 spiro atoms. The number of sulfone groups is 1. The van der Waals surface area contributed by atoms with Crippen LogP contribution in [0, 0.1) is 11.7 Å². The zero-order valence-corrected chi connectivity index (χ0v) is 26.1. The number of benzene rings is 2. The number of piperidine rings is 1. The summed E-state index contributed by atoms with van der Waals surface area (Å²) in [7, 11) is -4.71. The molecule has 0 bridgehead atoms. The molecule has 8 nitrogen and oxygen atoms in total. The minimum Gasteiger partial charge on any atom is -0.480 e. The number of likely N-dealkylation sites (tertiary alicyclic amines) is 2. The van der Waals surface area contributed by atoms with Gasteiger partial charge in [-0.15, -0.1) is 0 Å². The first-order valence-corrected chi connectivity index (χ1v) is 16.4. The molecule has 2 aliphatic heterocycles. The van der Waals surface area contributed by atoms with Crippen molar-refractivity contribution in [2.75, 3.05) is 13.1 Å². The monoisotopic (exact) mass is 710 g/mol. The minimum absolute atomic E-state index is 0.0244. The fourth-order valence-corrected chi connectivity index (χ4v) is 9.91. The highest BCUT2D eigenvalue weighted by atomic mass is 32.2. The number of hydrogen-bond acceptors (Lipinski definition) is 5. The van der Waals surface area contributed by atoms with Gasteiger partial charge in [0.15, 0.2) is 9.84 Å². The third-order valence-corrected chi connectivity index (χ3v) is 12.4. The summed E-state index contributed by atoms with van der Waals surface area (Å²) in [6, 6.07) is 2.41. The van der Waals surface area contributed by atoms with Crippen molar-refractivity contribution in [3.8, 4) is 0 Å². The van der Waals surface area contributed by atoms with Crippen molar-refractivity contribution in [3.63, 3.8) is 0 Å². The van der Waals surface area contributed by atoms with Gasteiger partial charge in [-0.05, 0) is 73.9 Å². The topological polar surface area (TPSA) is 112 Å². The smallest absolute Gasteiger partial charge is 0.435 e. The number of rotatable bonds is 5. The van der Waals surface area contributed by atoms with E-state index in [-0.39, 0.29) is 68.8 Å². The van der Waals surface area contributed by atoms with Gasteiger partial charge in [0.2, 0.25) is 11.8 Å². The lowest BCUT2D eigenvalue weighted by Gasteiger charge is -2.41. The van der Waals surface area contributed by atoms with Crippen molar-refractivity contribution in [1.29, 1.82) is 0 Å². The Morgan fingerprint density at radius 1 is 0.896 bits per heavy atom. The van der Waals surface area contributed by atoms with Gasteiger partial charge < -0.3 is 14.9 Å². The van der Waals surface area contributed by atoms with E-state index in [1.54, 1.807) is 0 Å². The van der Waals surface area contributed by atoms with E-state index in [2.05, 4.69) is 0 Å². The maximum absolute atomic E-state index is 15.1. The van der Waals surface area contributed by atoms with Crippen LogP contribution in [0.15, 0.2) is 47.4 Å². The molecule has 2 fully saturated rings. The van der Waals surface area contributed by atoms with E-state index in [0.29, 0.717) is 6.07 Å². The number of amides is 2. The summed E-state index contributed by atoms with van der Waals surface area (Å²) in [5.41, 5.74) is -8.05. The van der Waals surface area contributed by atoms with Gasteiger partial charge in [0.25, 0.3) is 0 Å². The molecule has 0 aromatic heterocycles. The average Bonchev–Trinajstić information content (AvgIpc) is 3.31. The number of nitrogens with zero attached hydrogens (tertiary/aromatic N) is 2. The van der Waals surface area contributed by atoms with Gasteiger partial charge in [0, 0.05) is 31.5 Å². The predicted octanol–water partition coefficient (Wildman–Crippen LogP) is 5.43. The molecule has 1 N–H and O–H groups in total. The fourth-order valence-electron chi connectivity index (χ4n) is 7.55. The Hall–Kier alpha value is -3.76. The van der Waals surface area contributed by atoms with Crippen molar-refractivity contribution in [1.82, 2.24) is 9.80 Å². The lowest BCUT2D eigenvalue weighted by atomic mass is 9.84. The molecule has 0 saturated carbocycles. The predicted molar refractivity (Wildman–Crippen MR) is 151 cm³/mol. The van der Waals surface area contributed by atoms with Crippen LogP contribution in [-0.2, 0) is 41.1 Å². The zero-order chi connectivity index (χ0) is 35.6. The van der Waals surface area contributed by atoms with Gasteiger partial charge in [-0.1, -0.05) is 18.2 Å². The number of alkyl halides is 7. The molecule has 2 aromatic carbocycles. The second kappa shape index (κ2) is 12.0. The Morgan fingerprint density at radius 2 is 1.52 bits per heavy atom. The van der Waals surface area contributed by atoms with Crippen LogP contribution in [0.1, 0.15) is 55.7 Å². The summed E-state index contributed by atoms with van der Waals surface area (Å²) < 4.78 is 138. The summed E-state index contributed by atoms with van der Waals surface area (Å²) in [5, 5.41) is 9.74. The fraction of sp³-hybridized carbons (Fsp3) is 0.516. The minimum atomic E-state index is -6.41. The Kier molecular flexibility index (Phi) is 8.87. The third-order valence-electron chi connectivity index (χ3n) is 9.83. The van der Waals surface area contributed by atoms with Crippen molar-refractivity contribution in [3.05, 3.63) is 65.0 Å². The molecule has 2 unspecified atom stereocenters. The molecule has 262 valence electrons. The average molecular weight is 711 g/mol. The number of carboxylic acids is 1. The van der Waals surface area contributed by atoms with Crippen molar-refractivity contribution in [2.45, 2.75) is 85.2 Å². The van der Waals surface area contributed by atoms with E-state index in [0.717, 1.165) is 35.2 Å². The van der Waals surface area contributed by atoms with E-state index >= 15 is 4.39 Å². The van der Waals surface area contributed by atoms with E-state index in [1.165, 1.54) is 11.8 Å². The van der Waals surface area contributed by atoms with E-state index in [4.69, 9.17) is 0 Å². The highest BCUT2D eigenvalue weighted by molar-refractivity contribution is 7.92. The Balaban J connectivity index is 1.65. The molecule has 2 heterocycles. The van der Waals surface area contributed by atoms with Gasteiger partial charge in [-0.3, -0.25) is 9.59 Å². The van der Waals surface area contributed by atoms with E-state index in [9.17, 15) is 58.6 Å². The number of carbonyl (C=O) groups is 3. The summed E-state index contributed by atoms with van der Waals surface area (Å²) in [5.74, 6) is -4.24. The SMILES string of the molecule is CC(=O)N1CCC(C(=O)N2CC[C@]3(S(=O)(=O)c4ccc(F)cc4)c4ccc(C(F)(C(F)(F)F)C(F)(F)F)cc4CCC[C@H]23)CC1C(=O)O. The molecule has 1 aliphatic carbocycles. The van der Waals surface area contributed by atoms with Crippen molar-refractivity contribution < 1.29 is 63.0 Å². The van der Waals surface area contributed by atoms with Crippen LogP contribution in [0.25, 0.3) is 0 Å². The Morgan fingerprint density at radius 3 is 2.08 bits per heavy atom. The van der Waals surface area contributed by atoms with Crippen molar-refractivity contribution >= 4 is 27.6 Å². The molecule has 17 heteroatoms. The second-order valence-electron chi connectivity index (χ2n) is 12.4. The number of hydrogen-bond donors (Lipinski definition) is 1. The van der Waals surface area contributed by atoms with Gasteiger partial charge in [-0.2, -0.15) is 26.3 Å². The normalized spacial score (nSPS) is 25.2. The first-order chi connectivity index (χ1) is 22.2. The van der Waals surface area contributed by atoms with E-state index in [1.807, 2.05) is 0 Å². The van der Waals surface area contributed by atoms with Crippen LogP contribution < -0.4 is 0 Å². The zero-order valence-electron chi connectivity index (χ0n) is 25.2. The number of aliphatic carboxylic acids is 1. The molecule has 5 rings (SSSR count). The second-order valence-corrected chi connectivity index (χ2v) is 14.6. The van der Waals surface area contributed by atoms with Crippen LogP contribution in [0.5, 0.6) is 0 Å². The highest BCUT2D eigenvalue weighted by Crippen LogP contribution is 2.56. The van der Waals surface area contributed by atoms with Gasteiger partial charge >= 0.3 is 24.0 Å². The lowest BCUT2D eigenvalue weighted by molar-refractivity contribution is -0.348. The molecular weight excluding hydrogens is 680 g/mol. The molecular formula is C31H30F8N2O6S. The van der Waals surface area contributed by atoms with Crippen LogP contribution >= 0.6 is 0 Å². The maximum Gasteiger partial charge on any atom is 0.435 e. The molecule has 48 heavy (non-hydrogen) atoms. The van der Waals surface area contributed by atoms with Gasteiger partial charge in [0.1, 0.15) is 16.6 Å². The lowest BCUT2D eigenvalue weighted by Crippen LogP contribution is -2.54. The maximum atomic E-state index is 15.1. The Bertz CT molecular complexity index is 1720. The Labute approximate surface area is 269 Å². The largest absolute Gasteiger partial charge is 0.480 e. The summed E-state index contributed by atoms with van der Waals surface area (Å²) in [6.45, 7) is 0.862. The standard InChI is InChI=1S/C31H30F8N2O6S/c1-17(42)40-13-11-19(16-24(40)27(44)45)26(43)41-14-12-28(48(46,47)22-8-6-21(32)7-9-22)23-10-5-20(15-18(23)3-2-4-25(28)41)29(33,30(34,35)36)31(37,38)39/h5-10,15,19,24-25H,2-4,11-14,16H2,1H3,(H,44,45)/t19?,24?,25-,28-/m0/s1. The van der Waals surface area contributed by atoms with Crippen LogP contribution in [-0.4, -0.2) is 78.6 Å². The summed E-state index contributed by atoms with van der Waals surface area (Å²) >= 11 is 0. The quantitative estimate of drug-likeness (QED) is 0.327. The highest BCUT2D eigenvalue weighted by Gasteiger charge is 2.73. The number of carbonyl (C=O) groups excluding carboxylic acids is 2. The summed E-state index contributed by atoms with van der Waals surface area (Å²) in [6.07, 6.45) is -13.8. The van der Waals surface area contributed by atoms with Crippen LogP contribution in [0.3, 0.4) is 0 Å². The van der Waals surface area contributed by atoms with Crippen LogP contribution in [0.2, 0.25) is 0 Å². The number of carboxylic acid groups (broad SMARTS) is 1. The number of halogens is 8. The molecule has 2 aromatic rings. The van der Waals surface area contributed by atoms with Gasteiger partial charge in [-0.25, -0.2) is 22.0 Å².